The lowest BCUT2D eigenvalue weighted by molar-refractivity contribution is 0.618. The van der Waals surface area contributed by atoms with E-state index in [0.29, 0.717) is 12.6 Å². The molecule has 3 N–H and O–H groups in total. The van der Waals surface area contributed by atoms with E-state index in [1.54, 1.807) is 17.7 Å². The summed E-state index contributed by atoms with van der Waals surface area (Å²) < 4.78 is 0. The Kier molecular flexibility index (Phi) is 3.94. The van der Waals surface area contributed by atoms with Gasteiger partial charge < -0.3 is 11.1 Å². The third-order valence-corrected chi connectivity index (χ3v) is 4.84. The van der Waals surface area contributed by atoms with Crippen molar-refractivity contribution in [1.82, 2.24) is 9.97 Å². The molecule has 19 heavy (non-hydrogen) atoms. The highest BCUT2D eigenvalue weighted by atomic mass is 32.1. The zero-order chi connectivity index (χ0) is 13.1. The quantitative estimate of drug-likeness (QED) is 0.844. The second-order valence-corrected chi connectivity index (χ2v) is 6.31. The maximum atomic E-state index is 5.71. The Morgan fingerprint density at radius 1 is 1.21 bits per heavy atom. The van der Waals surface area contributed by atoms with Crippen LogP contribution in [0.25, 0.3) is 10.2 Å². The van der Waals surface area contributed by atoms with E-state index in [9.17, 15) is 0 Å². The molecule has 0 bridgehead atoms. The molecule has 0 amide bonds. The predicted octanol–water partition coefficient (Wildman–Crippen LogP) is 3.28. The van der Waals surface area contributed by atoms with Gasteiger partial charge in [0.2, 0.25) is 0 Å². The smallest absolute Gasteiger partial charge is 0.138 e. The Morgan fingerprint density at radius 3 is 2.74 bits per heavy atom. The average molecular weight is 276 g/mol. The van der Waals surface area contributed by atoms with Gasteiger partial charge in [-0.25, -0.2) is 9.97 Å². The summed E-state index contributed by atoms with van der Waals surface area (Å²) in [4.78, 5) is 11.0. The molecule has 0 atom stereocenters. The number of fused-ring (bicyclic) bond motifs is 1. The van der Waals surface area contributed by atoms with Crippen molar-refractivity contribution >= 4 is 27.4 Å². The first kappa shape index (κ1) is 12.8. The van der Waals surface area contributed by atoms with Crippen molar-refractivity contribution in [3.63, 3.8) is 0 Å². The minimum absolute atomic E-state index is 0.557. The largest absolute Gasteiger partial charge is 0.367 e. The fourth-order valence-corrected chi connectivity index (χ4v) is 3.61. The van der Waals surface area contributed by atoms with Crippen LogP contribution in [-0.4, -0.2) is 16.0 Å². The van der Waals surface area contributed by atoms with Crippen LogP contribution in [0.4, 0.5) is 5.82 Å². The molecule has 0 aliphatic heterocycles. The summed E-state index contributed by atoms with van der Waals surface area (Å²) in [7, 11) is 0. The highest BCUT2D eigenvalue weighted by molar-refractivity contribution is 7.18. The van der Waals surface area contributed by atoms with Gasteiger partial charge in [0.25, 0.3) is 0 Å². The molecule has 2 aromatic heterocycles. The number of anilines is 1. The lowest BCUT2D eigenvalue weighted by Crippen LogP contribution is -2.19. The molecular formula is C14H20N4S. The fraction of sp³-hybridized carbons (Fsp3) is 0.571. The molecule has 0 saturated heterocycles. The highest BCUT2D eigenvalue weighted by Crippen LogP contribution is 2.29. The monoisotopic (exact) mass is 276 g/mol. The van der Waals surface area contributed by atoms with E-state index in [1.165, 1.54) is 43.4 Å². The number of nitrogens with zero attached hydrogens (tertiary/aromatic N) is 2. The standard InChI is InChI=1S/C14H20N4S/c15-8-11-7-12-13(16-9-17-14(12)19-11)18-10-5-3-1-2-4-6-10/h7,9-10H,1-6,8,15H2,(H,16,17,18). The number of hydrogen-bond acceptors (Lipinski definition) is 5. The molecule has 0 radical (unpaired) electrons. The summed E-state index contributed by atoms with van der Waals surface area (Å²) in [6, 6.07) is 2.68. The summed E-state index contributed by atoms with van der Waals surface area (Å²) >= 11 is 1.66. The Morgan fingerprint density at radius 2 is 2.00 bits per heavy atom. The Labute approximate surface area is 117 Å². The first-order chi connectivity index (χ1) is 9.36. The van der Waals surface area contributed by atoms with Crippen molar-refractivity contribution in [3.8, 4) is 0 Å². The minimum Gasteiger partial charge on any atom is -0.367 e. The summed E-state index contributed by atoms with van der Waals surface area (Å²) in [5, 5.41) is 4.74. The van der Waals surface area contributed by atoms with Crippen LogP contribution in [0.2, 0.25) is 0 Å². The third-order valence-electron chi connectivity index (χ3n) is 3.78. The van der Waals surface area contributed by atoms with Gasteiger partial charge in [-0.1, -0.05) is 25.7 Å². The fourth-order valence-electron chi connectivity index (χ4n) is 2.74. The molecule has 5 heteroatoms. The molecule has 4 nitrogen and oxygen atoms in total. The van der Waals surface area contributed by atoms with Crippen LogP contribution in [0.5, 0.6) is 0 Å². The highest BCUT2D eigenvalue weighted by Gasteiger charge is 2.15. The van der Waals surface area contributed by atoms with Crippen LogP contribution < -0.4 is 11.1 Å². The van der Waals surface area contributed by atoms with Crippen molar-refractivity contribution in [2.75, 3.05) is 5.32 Å². The van der Waals surface area contributed by atoms with Crippen LogP contribution in [-0.2, 0) is 6.54 Å². The molecule has 2 aromatic rings. The maximum absolute atomic E-state index is 5.71. The molecule has 102 valence electrons. The molecular weight excluding hydrogens is 256 g/mol. The van der Waals surface area contributed by atoms with E-state index < -0.39 is 0 Å². The van der Waals surface area contributed by atoms with Gasteiger partial charge in [0.1, 0.15) is 17.0 Å². The van der Waals surface area contributed by atoms with E-state index in [1.807, 2.05) is 0 Å². The second-order valence-electron chi connectivity index (χ2n) is 5.19. The van der Waals surface area contributed by atoms with Gasteiger partial charge in [-0.15, -0.1) is 11.3 Å². The summed E-state index contributed by atoms with van der Waals surface area (Å²) in [5.41, 5.74) is 5.71. The normalized spacial score (nSPS) is 17.5. The van der Waals surface area contributed by atoms with Gasteiger partial charge in [0.05, 0.1) is 5.39 Å². The van der Waals surface area contributed by atoms with Gasteiger partial charge in [0, 0.05) is 17.5 Å². The summed E-state index contributed by atoms with van der Waals surface area (Å²) in [6.07, 6.45) is 9.53. The Hall–Kier alpha value is -1.20. The SMILES string of the molecule is NCc1cc2c(NC3CCCCCC3)ncnc2s1. The number of nitrogens with one attached hydrogen (secondary N) is 1. The van der Waals surface area contributed by atoms with Crippen LogP contribution in [0.15, 0.2) is 12.4 Å². The van der Waals surface area contributed by atoms with Crippen molar-refractivity contribution in [3.05, 3.63) is 17.3 Å². The van der Waals surface area contributed by atoms with Crippen molar-refractivity contribution in [2.24, 2.45) is 5.73 Å². The summed E-state index contributed by atoms with van der Waals surface area (Å²) in [6.45, 7) is 0.573. The van der Waals surface area contributed by atoms with Gasteiger partial charge in [-0.3, -0.25) is 0 Å². The van der Waals surface area contributed by atoms with Crippen LogP contribution >= 0.6 is 11.3 Å². The minimum atomic E-state index is 0.557. The molecule has 1 aliphatic carbocycles. The Balaban J connectivity index is 1.84. The average Bonchev–Trinajstić information content (AvgIpc) is 2.70. The van der Waals surface area contributed by atoms with Crippen LogP contribution in [0.3, 0.4) is 0 Å². The molecule has 0 unspecified atom stereocenters. The second kappa shape index (κ2) is 5.84. The first-order valence-electron chi connectivity index (χ1n) is 7.07. The van der Waals surface area contributed by atoms with Crippen LogP contribution in [0.1, 0.15) is 43.4 Å². The van der Waals surface area contributed by atoms with E-state index in [2.05, 4.69) is 21.4 Å². The molecule has 2 heterocycles. The number of nitrogens with two attached hydrogens (primary N) is 1. The predicted molar refractivity (Wildman–Crippen MR) is 80.4 cm³/mol. The lowest BCUT2D eigenvalue weighted by atomic mass is 10.1. The molecule has 1 fully saturated rings. The van der Waals surface area contributed by atoms with E-state index in [0.717, 1.165) is 16.0 Å². The zero-order valence-corrected chi connectivity index (χ0v) is 11.9. The maximum Gasteiger partial charge on any atom is 0.138 e. The zero-order valence-electron chi connectivity index (χ0n) is 11.1. The van der Waals surface area contributed by atoms with Gasteiger partial charge in [0.15, 0.2) is 0 Å². The van der Waals surface area contributed by atoms with Crippen molar-refractivity contribution < 1.29 is 0 Å². The van der Waals surface area contributed by atoms with Gasteiger partial charge in [-0.05, 0) is 18.9 Å². The summed E-state index contributed by atoms with van der Waals surface area (Å²) in [5.74, 6) is 0.979. The lowest BCUT2D eigenvalue weighted by Gasteiger charge is -2.17. The van der Waals surface area contributed by atoms with Gasteiger partial charge in [-0.2, -0.15) is 0 Å². The number of hydrogen-bond donors (Lipinski definition) is 2. The molecule has 1 aliphatic rings. The van der Waals surface area contributed by atoms with E-state index in [4.69, 9.17) is 5.73 Å². The number of rotatable bonds is 3. The third kappa shape index (κ3) is 2.87. The molecule has 3 rings (SSSR count). The first-order valence-corrected chi connectivity index (χ1v) is 7.88. The van der Waals surface area contributed by atoms with Crippen molar-refractivity contribution in [1.29, 1.82) is 0 Å². The molecule has 1 saturated carbocycles. The van der Waals surface area contributed by atoms with Crippen LogP contribution in [0, 0.1) is 0 Å². The molecule has 0 spiro atoms. The van der Waals surface area contributed by atoms with Crippen molar-refractivity contribution in [2.45, 2.75) is 51.1 Å². The molecule has 0 aromatic carbocycles. The van der Waals surface area contributed by atoms with Gasteiger partial charge >= 0.3 is 0 Å². The number of thiophene rings is 1. The Bertz CT molecular complexity index is 543. The number of aromatic nitrogens is 2. The van der Waals surface area contributed by atoms with E-state index >= 15 is 0 Å². The topological polar surface area (TPSA) is 63.8 Å². The van der Waals surface area contributed by atoms with E-state index in [-0.39, 0.29) is 0 Å².